The van der Waals surface area contributed by atoms with Gasteiger partial charge in [-0.1, -0.05) is 0 Å². The zero-order chi connectivity index (χ0) is 8.48. The second kappa shape index (κ2) is 3.04. The average Bonchev–Trinajstić information content (AvgIpc) is 1.75. The molecular weight excluding hydrogens is 171 g/mol. The first-order valence-corrected chi connectivity index (χ1v) is 5.06. The van der Waals surface area contributed by atoms with Gasteiger partial charge < -0.3 is 0 Å². The van der Waals surface area contributed by atoms with Crippen molar-refractivity contribution in [1.82, 2.24) is 4.90 Å². The Morgan fingerprint density at radius 2 is 2.09 bits per heavy atom. The maximum Gasteiger partial charge on any atom is 0.210 e. The Hall–Kier alpha value is -0.200. The van der Waals surface area contributed by atoms with Crippen LogP contribution in [0.1, 0.15) is 0 Å². The lowest BCUT2D eigenvalue weighted by Gasteiger charge is -2.33. The second-order valence-electron chi connectivity index (χ2n) is 2.72. The number of hydrogen-bond donors (Lipinski definition) is 1. The van der Waals surface area contributed by atoms with Gasteiger partial charge in [-0.3, -0.25) is 4.90 Å². The first-order chi connectivity index (χ1) is 4.97. The minimum atomic E-state index is -3.38. The van der Waals surface area contributed by atoms with Gasteiger partial charge in [-0.2, -0.15) is 0 Å². The molecule has 1 aliphatic heterocycles. The first-order valence-electron chi connectivity index (χ1n) is 3.34. The molecule has 0 aromatic heterocycles. The summed E-state index contributed by atoms with van der Waals surface area (Å²) >= 11 is 0. The highest BCUT2D eigenvalue weighted by molar-refractivity contribution is 7.89. The van der Waals surface area contributed by atoms with Crippen LogP contribution in [0.15, 0.2) is 0 Å². The van der Waals surface area contributed by atoms with Crippen LogP contribution in [-0.4, -0.2) is 44.9 Å². The van der Waals surface area contributed by atoms with E-state index in [-0.39, 0.29) is 5.75 Å². The van der Waals surface area contributed by atoms with Gasteiger partial charge in [0, 0.05) is 19.6 Å². The summed E-state index contributed by atoms with van der Waals surface area (Å²) in [5.74, 6) is -0.0836. The van der Waals surface area contributed by atoms with E-state index in [2.05, 4.69) is 0 Å². The van der Waals surface area contributed by atoms with Crippen molar-refractivity contribution in [3.8, 4) is 0 Å². The van der Waals surface area contributed by atoms with Crippen LogP contribution in [0.2, 0.25) is 0 Å². The molecule has 11 heavy (non-hydrogen) atoms. The van der Waals surface area contributed by atoms with E-state index in [9.17, 15) is 12.8 Å². The second-order valence-corrected chi connectivity index (χ2v) is 4.46. The number of halogens is 1. The first kappa shape index (κ1) is 8.89. The summed E-state index contributed by atoms with van der Waals surface area (Å²) in [4.78, 5) is 1.72. The Morgan fingerprint density at radius 1 is 1.55 bits per heavy atom. The van der Waals surface area contributed by atoms with Crippen molar-refractivity contribution in [1.29, 1.82) is 0 Å². The van der Waals surface area contributed by atoms with E-state index < -0.39 is 16.2 Å². The van der Waals surface area contributed by atoms with Crippen LogP contribution in [0.5, 0.6) is 0 Å². The fourth-order valence-corrected chi connectivity index (χ4v) is 1.46. The molecule has 0 aromatic carbocycles. The molecule has 0 saturated carbocycles. The highest BCUT2D eigenvalue weighted by atomic mass is 32.2. The van der Waals surface area contributed by atoms with Gasteiger partial charge in [0.25, 0.3) is 0 Å². The van der Waals surface area contributed by atoms with Crippen LogP contribution in [0.4, 0.5) is 4.39 Å². The highest BCUT2D eigenvalue weighted by Crippen LogP contribution is 2.09. The van der Waals surface area contributed by atoms with Crippen molar-refractivity contribution < 1.29 is 12.8 Å². The lowest BCUT2D eigenvalue weighted by atomic mass is 10.2. The summed E-state index contributed by atoms with van der Waals surface area (Å²) in [6, 6.07) is 0. The smallest absolute Gasteiger partial charge is 0.210 e. The number of primary sulfonamides is 1. The minimum Gasteiger partial charge on any atom is -0.296 e. The monoisotopic (exact) mass is 182 g/mol. The number of nitrogens with two attached hydrogens (primary N) is 1. The third kappa shape index (κ3) is 3.13. The lowest BCUT2D eigenvalue weighted by molar-refractivity contribution is 0.0718. The van der Waals surface area contributed by atoms with Gasteiger partial charge in [0.05, 0.1) is 5.75 Å². The fraction of sp³-hybridized carbons (Fsp3) is 1.00. The Morgan fingerprint density at radius 3 is 2.45 bits per heavy atom. The summed E-state index contributed by atoms with van der Waals surface area (Å²) in [7, 11) is -3.38. The van der Waals surface area contributed by atoms with E-state index >= 15 is 0 Å². The van der Waals surface area contributed by atoms with Crippen LogP contribution < -0.4 is 5.14 Å². The van der Waals surface area contributed by atoms with Gasteiger partial charge >= 0.3 is 0 Å². The maximum atomic E-state index is 12.2. The summed E-state index contributed by atoms with van der Waals surface area (Å²) in [5, 5.41) is 4.75. The van der Waals surface area contributed by atoms with E-state index in [1.165, 1.54) is 0 Å². The van der Waals surface area contributed by atoms with Crippen molar-refractivity contribution >= 4 is 10.0 Å². The zero-order valence-corrected chi connectivity index (χ0v) is 6.85. The van der Waals surface area contributed by atoms with Gasteiger partial charge in [0.1, 0.15) is 6.17 Å². The van der Waals surface area contributed by atoms with Crippen molar-refractivity contribution in [3.63, 3.8) is 0 Å². The predicted molar refractivity (Wildman–Crippen MR) is 39.3 cm³/mol. The van der Waals surface area contributed by atoms with Crippen molar-refractivity contribution in [2.45, 2.75) is 6.17 Å². The highest BCUT2D eigenvalue weighted by Gasteiger charge is 2.26. The van der Waals surface area contributed by atoms with Gasteiger partial charge in [0.2, 0.25) is 10.0 Å². The number of nitrogens with zero attached hydrogens (tertiary/aromatic N) is 1. The van der Waals surface area contributed by atoms with Crippen LogP contribution in [0, 0.1) is 0 Å². The molecule has 0 amide bonds. The summed E-state index contributed by atoms with van der Waals surface area (Å²) < 4.78 is 33.0. The van der Waals surface area contributed by atoms with E-state index in [0.717, 1.165) is 0 Å². The molecule has 6 heteroatoms. The normalized spacial score (nSPS) is 21.6. The molecule has 1 aliphatic rings. The quantitative estimate of drug-likeness (QED) is 0.604. The molecule has 1 heterocycles. The standard InChI is InChI=1S/C5H11FN2O2S/c6-5-3-8(4-5)1-2-11(7,9)10/h5H,1-4H2,(H2,7,9,10). The lowest BCUT2D eigenvalue weighted by Crippen LogP contribution is -2.50. The van der Waals surface area contributed by atoms with E-state index in [4.69, 9.17) is 5.14 Å². The fourth-order valence-electron chi connectivity index (χ4n) is 0.946. The number of hydrogen-bond acceptors (Lipinski definition) is 3. The minimum absolute atomic E-state index is 0.0836. The molecule has 0 atom stereocenters. The summed E-state index contributed by atoms with van der Waals surface area (Å²) in [6.45, 7) is 1.03. The molecule has 0 aromatic rings. The van der Waals surface area contributed by atoms with E-state index in [0.29, 0.717) is 19.6 Å². The molecule has 4 nitrogen and oxygen atoms in total. The molecule has 0 radical (unpaired) electrons. The van der Waals surface area contributed by atoms with Gasteiger partial charge in [0.15, 0.2) is 0 Å². The van der Waals surface area contributed by atoms with E-state index in [1.807, 2.05) is 0 Å². The molecule has 2 N–H and O–H groups in total. The van der Waals surface area contributed by atoms with Gasteiger partial charge in [-0.05, 0) is 0 Å². The van der Waals surface area contributed by atoms with Crippen molar-refractivity contribution in [3.05, 3.63) is 0 Å². The Labute approximate surface area is 65.2 Å². The topological polar surface area (TPSA) is 63.4 Å². The van der Waals surface area contributed by atoms with Crippen LogP contribution in [-0.2, 0) is 10.0 Å². The molecule has 0 unspecified atom stereocenters. The third-order valence-corrected chi connectivity index (χ3v) is 2.36. The molecule has 0 spiro atoms. The zero-order valence-electron chi connectivity index (χ0n) is 6.03. The number of alkyl halides is 1. The van der Waals surface area contributed by atoms with Crippen molar-refractivity contribution in [2.75, 3.05) is 25.4 Å². The molecular formula is C5H11FN2O2S. The SMILES string of the molecule is NS(=O)(=O)CCN1CC(F)C1. The van der Waals surface area contributed by atoms with Gasteiger partial charge in [-0.25, -0.2) is 17.9 Å². The Kier molecular flexibility index (Phi) is 2.46. The number of sulfonamides is 1. The molecule has 1 fully saturated rings. The molecule has 1 saturated heterocycles. The third-order valence-electron chi connectivity index (χ3n) is 1.60. The largest absolute Gasteiger partial charge is 0.296 e. The summed E-state index contributed by atoms with van der Waals surface area (Å²) in [6.07, 6.45) is -0.782. The molecule has 1 rings (SSSR count). The van der Waals surface area contributed by atoms with Crippen LogP contribution >= 0.6 is 0 Å². The summed E-state index contributed by atoms with van der Waals surface area (Å²) in [5.41, 5.74) is 0. The molecule has 0 aliphatic carbocycles. The van der Waals surface area contributed by atoms with Crippen molar-refractivity contribution in [2.24, 2.45) is 5.14 Å². The van der Waals surface area contributed by atoms with E-state index in [1.54, 1.807) is 4.90 Å². The van der Waals surface area contributed by atoms with Crippen LogP contribution in [0.25, 0.3) is 0 Å². The predicted octanol–water partition coefficient (Wildman–Crippen LogP) is -1.07. The maximum absolute atomic E-state index is 12.2. The van der Waals surface area contributed by atoms with Crippen LogP contribution in [0.3, 0.4) is 0 Å². The number of likely N-dealkylation sites (tertiary alicyclic amines) is 1. The molecule has 0 bridgehead atoms. The Balaban J connectivity index is 2.15. The molecule has 66 valence electrons. The average molecular weight is 182 g/mol. The number of rotatable bonds is 3. The Bertz CT molecular complexity index is 223. The van der Waals surface area contributed by atoms with Gasteiger partial charge in [-0.15, -0.1) is 0 Å².